The minimum atomic E-state index is 0.155. The third kappa shape index (κ3) is 2.91. The Hall–Kier alpha value is -0.860. The molecule has 110 valence electrons. The topological polar surface area (TPSA) is 35.2 Å². The monoisotopic (exact) mass is 273 g/mol. The van der Waals surface area contributed by atoms with Crippen LogP contribution in [-0.4, -0.2) is 12.2 Å². The molecule has 0 radical (unpaired) electrons. The van der Waals surface area contributed by atoms with Crippen LogP contribution in [0.2, 0.25) is 0 Å². The number of hydrogen-bond acceptors (Lipinski definition) is 2. The van der Waals surface area contributed by atoms with Crippen LogP contribution in [0.3, 0.4) is 0 Å². The quantitative estimate of drug-likeness (QED) is 0.879. The minimum absolute atomic E-state index is 0.155. The van der Waals surface area contributed by atoms with E-state index in [0.29, 0.717) is 5.92 Å². The fraction of sp³-hybridized carbons (Fsp3) is 0.667. The van der Waals surface area contributed by atoms with E-state index in [1.165, 1.54) is 43.2 Å². The van der Waals surface area contributed by atoms with E-state index in [1.54, 1.807) is 0 Å². The molecule has 0 aromatic heterocycles. The van der Waals surface area contributed by atoms with E-state index >= 15 is 0 Å². The molecule has 0 bridgehead atoms. The van der Waals surface area contributed by atoms with Crippen LogP contribution in [0.15, 0.2) is 24.3 Å². The Bertz CT molecular complexity index is 445. The number of ether oxygens (including phenoxy) is 1. The van der Waals surface area contributed by atoms with E-state index in [2.05, 4.69) is 31.2 Å². The highest BCUT2D eigenvalue weighted by molar-refractivity contribution is 5.25. The standard InChI is InChI=1S/C18H27NO/c1-14-6-5-7-15(12-14)17(19)16-8-11-20-18(13-16)9-3-2-4-10-18/h5-7,12,16-17H,2-4,8-11,13,19H2,1H3. The van der Waals surface area contributed by atoms with Gasteiger partial charge in [-0.25, -0.2) is 0 Å². The van der Waals surface area contributed by atoms with Crippen molar-refractivity contribution >= 4 is 0 Å². The van der Waals surface area contributed by atoms with E-state index < -0.39 is 0 Å². The summed E-state index contributed by atoms with van der Waals surface area (Å²) in [7, 11) is 0. The van der Waals surface area contributed by atoms with Crippen LogP contribution in [-0.2, 0) is 4.74 Å². The summed E-state index contributed by atoms with van der Waals surface area (Å²) < 4.78 is 6.19. The molecule has 1 heterocycles. The molecular weight excluding hydrogens is 246 g/mol. The molecule has 3 rings (SSSR count). The van der Waals surface area contributed by atoms with Gasteiger partial charge in [0.15, 0.2) is 0 Å². The molecule has 2 nitrogen and oxygen atoms in total. The number of hydrogen-bond donors (Lipinski definition) is 1. The van der Waals surface area contributed by atoms with Crippen molar-refractivity contribution in [2.75, 3.05) is 6.61 Å². The predicted octanol–water partition coefficient (Wildman–Crippen LogP) is 4.12. The number of rotatable bonds is 2. The third-order valence-corrected chi connectivity index (χ3v) is 5.23. The van der Waals surface area contributed by atoms with Crippen LogP contribution in [0.5, 0.6) is 0 Å². The van der Waals surface area contributed by atoms with Crippen LogP contribution in [0.4, 0.5) is 0 Å². The molecule has 0 amide bonds. The fourth-order valence-electron chi connectivity index (χ4n) is 4.07. The molecule has 2 aliphatic rings. The number of aryl methyl sites for hydroxylation is 1. The second-order valence-electron chi connectivity index (χ2n) is 6.78. The summed E-state index contributed by atoms with van der Waals surface area (Å²) in [5, 5.41) is 0. The first-order valence-electron chi connectivity index (χ1n) is 8.15. The van der Waals surface area contributed by atoms with Gasteiger partial charge in [-0.1, -0.05) is 49.1 Å². The summed E-state index contributed by atoms with van der Waals surface area (Å²) in [6.45, 7) is 3.03. The minimum Gasteiger partial charge on any atom is -0.375 e. The van der Waals surface area contributed by atoms with Crippen molar-refractivity contribution in [3.8, 4) is 0 Å². The third-order valence-electron chi connectivity index (χ3n) is 5.23. The number of benzene rings is 1. The molecule has 2 N–H and O–H groups in total. The van der Waals surface area contributed by atoms with Gasteiger partial charge in [0.25, 0.3) is 0 Å². The molecule has 1 saturated heterocycles. The zero-order chi connectivity index (χ0) is 14.0. The first kappa shape index (κ1) is 14.1. The van der Waals surface area contributed by atoms with Gasteiger partial charge >= 0.3 is 0 Å². The second kappa shape index (κ2) is 5.87. The average molecular weight is 273 g/mol. The van der Waals surface area contributed by atoms with Crippen LogP contribution in [0, 0.1) is 12.8 Å². The van der Waals surface area contributed by atoms with Crippen LogP contribution < -0.4 is 5.73 Å². The van der Waals surface area contributed by atoms with Gasteiger partial charge in [-0.2, -0.15) is 0 Å². The molecule has 1 aromatic carbocycles. The molecule has 1 aliphatic carbocycles. The van der Waals surface area contributed by atoms with E-state index in [-0.39, 0.29) is 11.6 Å². The zero-order valence-electron chi connectivity index (χ0n) is 12.6. The summed E-state index contributed by atoms with van der Waals surface area (Å²) >= 11 is 0. The summed E-state index contributed by atoms with van der Waals surface area (Å²) in [6, 6.07) is 8.86. The smallest absolute Gasteiger partial charge is 0.0685 e. The largest absolute Gasteiger partial charge is 0.375 e. The number of nitrogens with two attached hydrogens (primary N) is 1. The highest BCUT2D eigenvalue weighted by Gasteiger charge is 2.40. The second-order valence-corrected chi connectivity index (χ2v) is 6.78. The lowest BCUT2D eigenvalue weighted by Gasteiger charge is -2.45. The van der Waals surface area contributed by atoms with E-state index in [1.807, 2.05) is 0 Å². The molecule has 20 heavy (non-hydrogen) atoms. The van der Waals surface area contributed by atoms with Gasteiger partial charge in [0.2, 0.25) is 0 Å². The Balaban J connectivity index is 1.73. The van der Waals surface area contributed by atoms with Crippen molar-refractivity contribution in [3.63, 3.8) is 0 Å². The predicted molar refractivity (Wildman–Crippen MR) is 82.6 cm³/mol. The normalized spacial score (nSPS) is 27.4. The summed E-state index contributed by atoms with van der Waals surface area (Å²) in [5.41, 5.74) is 9.33. The van der Waals surface area contributed by atoms with Gasteiger partial charge in [-0.05, 0) is 44.1 Å². The van der Waals surface area contributed by atoms with Crippen LogP contribution in [0.25, 0.3) is 0 Å². The van der Waals surface area contributed by atoms with Crippen LogP contribution >= 0.6 is 0 Å². The molecule has 2 fully saturated rings. The maximum Gasteiger partial charge on any atom is 0.0685 e. The molecule has 1 aromatic rings. The van der Waals surface area contributed by atoms with Crippen molar-refractivity contribution in [3.05, 3.63) is 35.4 Å². The highest BCUT2D eigenvalue weighted by Crippen LogP contribution is 2.43. The Morgan fingerprint density at radius 2 is 2.05 bits per heavy atom. The van der Waals surface area contributed by atoms with E-state index in [9.17, 15) is 0 Å². The molecule has 2 heteroatoms. The van der Waals surface area contributed by atoms with E-state index in [0.717, 1.165) is 19.4 Å². The molecule has 2 unspecified atom stereocenters. The van der Waals surface area contributed by atoms with Gasteiger partial charge in [0.1, 0.15) is 0 Å². The zero-order valence-corrected chi connectivity index (χ0v) is 12.6. The van der Waals surface area contributed by atoms with Gasteiger partial charge < -0.3 is 10.5 Å². The van der Waals surface area contributed by atoms with Crippen molar-refractivity contribution in [2.45, 2.75) is 63.5 Å². The van der Waals surface area contributed by atoms with Gasteiger partial charge in [0, 0.05) is 12.6 Å². The molecule has 1 saturated carbocycles. The van der Waals surface area contributed by atoms with Crippen LogP contribution in [0.1, 0.15) is 62.1 Å². The SMILES string of the molecule is Cc1cccc(C(N)C2CCOC3(CCCCC3)C2)c1. The van der Waals surface area contributed by atoms with Gasteiger partial charge in [0.05, 0.1) is 5.60 Å². The summed E-state index contributed by atoms with van der Waals surface area (Å²) in [5.74, 6) is 0.573. The molecule has 1 spiro atoms. The van der Waals surface area contributed by atoms with E-state index in [4.69, 9.17) is 10.5 Å². The lowest BCUT2D eigenvalue weighted by atomic mass is 9.73. The van der Waals surface area contributed by atoms with Crippen molar-refractivity contribution in [2.24, 2.45) is 11.7 Å². The Morgan fingerprint density at radius 1 is 1.25 bits per heavy atom. The Kier molecular flexibility index (Phi) is 4.13. The maximum absolute atomic E-state index is 6.57. The van der Waals surface area contributed by atoms with Crippen molar-refractivity contribution in [1.82, 2.24) is 0 Å². The first-order valence-corrected chi connectivity index (χ1v) is 8.15. The molecule has 2 atom stereocenters. The molecular formula is C18H27NO. The summed E-state index contributed by atoms with van der Waals surface area (Å²) in [4.78, 5) is 0. The Labute approximate surface area is 122 Å². The van der Waals surface area contributed by atoms with Crippen molar-refractivity contribution < 1.29 is 4.74 Å². The average Bonchev–Trinajstić information content (AvgIpc) is 2.47. The lowest BCUT2D eigenvalue weighted by molar-refractivity contribution is -0.120. The van der Waals surface area contributed by atoms with Crippen molar-refractivity contribution in [1.29, 1.82) is 0 Å². The van der Waals surface area contributed by atoms with Gasteiger partial charge in [-0.3, -0.25) is 0 Å². The Morgan fingerprint density at radius 3 is 2.80 bits per heavy atom. The summed E-state index contributed by atoms with van der Waals surface area (Å²) in [6.07, 6.45) is 8.77. The highest BCUT2D eigenvalue weighted by atomic mass is 16.5. The fourth-order valence-corrected chi connectivity index (χ4v) is 4.07. The molecule has 1 aliphatic heterocycles. The lowest BCUT2D eigenvalue weighted by Crippen LogP contribution is -2.44. The first-order chi connectivity index (χ1) is 9.69. The maximum atomic E-state index is 6.57. The van der Waals surface area contributed by atoms with Gasteiger partial charge in [-0.15, -0.1) is 0 Å².